The fraction of sp³-hybridized carbons (Fsp3) is 0.902. The number of hydrogen-bond acceptors (Lipinski definition) is 24. The molecule has 1 unspecified atom stereocenters. The van der Waals surface area contributed by atoms with Crippen LogP contribution in [-0.2, 0) is 86.8 Å². The molecule has 0 radical (unpaired) electrons. The quantitative estimate of drug-likeness (QED) is 0.112. The summed E-state index contributed by atoms with van der Waals surface area (Å²) < 4.78 is 65.6. The lowest BCUT2D eigenvalue weighted by Crippen LogP contribution is -2.61. The number of nitriles is 2. The van der Waals surface area contributed by atoms with Crippen molar-refractivity contribution in [3.05, 3.63) is 0 Å². The smallest absolute Gasteiger partial charge is 0.390 e. The summed E-state index contributed by atoms with van der Waals surface area (Å²) in [4.78, 5) is 129. The van der Waals surface area contributed by atoms with Crippen LogP contribution in [-0.4, -0.2) is 197 Å². The number of epoxide rings is 2. The topological polar surface area (TPSA) is 436 Å². The molecule has 26 fully saturated rings. The van der Waals surface area contributed by atoms with E-state index in [2.05, 4.69) is 81.4 Å². The van der Waals surface area contributed by atoms with Crippen LogP contribution in [0.2, 0.25) is 0 Å². The highest BCUT2D eigenvalue weighted by Gasteiger charge is 2.74. The molecule has 6 N–H and O–H groups in total. The van der Waals surface area contributed by atoms with E-state index in [4.69, 9.17) is 45.9 Å². The van der Waals surface area contributed by atoms with E-state index >= 15 is 0 Å². The number of rotatable bonds is 4. The zero-order valence-corrected chi connectivity index (χ0v) is 91.8. The van der Waals surface area contributed by atoms with E-state index in [0.717, 1.165) is 180 Å². The van der Waals surface area contributed by atoms with Gasteiger partial charge in [0.25, 0.3) is 0 Å². The normalized spacial score (nSPS) is 53.5. The Morgan fingerprint density at radius 3 is 0.900 bits per heavy atom. The Kier molecular flexibility index (Phi) is 32.0. The average Bonchev–Trinajstić information content (AvgIpc) is 1.20. The Labute approximate surface area is 895 Å². The molecule has 0 aromatic carbocycles. The second-order valence-corrected chi connectivity index (χ2v) is 57.7. The first-order valence-corrected chi connectivity index (χ1v) is 59.5. The van der Waals surface area contributed by atoms with Gasteiger partial charge in [0, 0.05) is 150 Å². The Hall–Kier alpha value is -4.85. The first kappa shape index (κ1) is 116. The summed E-state index contributed by atoms with van der Waals surface area (Å²) in [6, 6.07) is 5.00. The summed E-state index contributed by atoms with van der Waals surface area (Å²) in [5.74, 6) is 12.0. The van der Waals surface area contributed by atoms with E-state index in [0.29, 0.717) is 253 Å². The molecule has 2 aliphatic heterocycles. The Morgan fingerprint density at radius 2 is 0.573 bits per heavy atom. The average molecular weight is 2110 g/mol. The number of Topliss-reactive ketones (excluding diaryl/α,β-unsaturated/α-hetero) is 10. The highest BCUT2D eigenvalue weighted by atomic mass is 32.3. The molecule has 840 valence electrons. The van der Waals surface area contributed by atoms with Gasteiger partial charge in [0.1, 0.15) is 57.8 Å². The van der Waals surface area contributed by atoms with Gasteiger partial charge in [0.15, 0.2) is 0 Å². The Morgan fingerprint density at radius 1 is 0.293 bits per heavy atom. The van der Waals surface area contributed by atoms with Gasteiger partial charge < -0.3 is 48.8 Å². The molecule has 24 aliphatic carbocycles. The maximum absolute atomic E-state index is 13.4. The first-order chi connectivity index (χ1) is 69.2. The zero-order valence-electron chi connectivity index (χ0n) is 91.0. The SMILES string of the molecule is C.C.C.CO[C@H]1C[C@@]2(C)[C@@H](CC[C@@H]3[C@@H]2C(=O)C[C@]2(C)C(=O)CC[C@@H]32)C[C@@H]1O.CO[C@H]1C[C@@]2(C)[C@@H](CC[C@H]3[C@@H]4CC[C@@H](C#N)[C@@]4(C)CC(=O)[C@@H]32)C[C@@H]1O.CO[C@H]1C[C@@]2(C)[C@@H](CC[C@H]3[C@@H]4CC[C@H](C#N)[C@@]4(C)CC(=O)[C@@H]32)C[C@@H]1O.CO[C@H]1[C@H](O)CC[C@@]2(C)[C@H]1CC[C@@H]1[C@@H]2C(=O)C[C@]2(C)C(=O)CC[C@@H]12.C[C@]12CC[C@H]3OC3[C@@H]1CC[C@@H]1[C@@H]2C(=O)C[C@]2(C)C(=O)CC[C@@H]12.C[C@]12C[C@H]3O[C@H]3C[C@@H]1CC[C@@H]1[C@@H]2C(=O)C[C@]2(C)C(=O)CC[C@@H]12.O=S(=O)(O)O. The third-order valence-corrected chi connectivity index (χ3v) is 51.0. The summed E-state index contributed by atoms with van der Waals surface area (Å²) >= 11 is 0. The van der Waals surface area contributed by atoms with Gasteiger partial charge in [-0.15, -0.1) is 0 Å². The highest BCUT2D eigenvalue weighted by molar-refractivity contribution is 7.79. The molecule has 0 aromatic heterocycles. The minimum Gasteiger partial charge on any atom is -0.390 e. The van der Waals surface area contributed by atoms with Crippen molar-refractivity contribution in [2.45, 2.75) is 448 Å². The fourth-order valence-electron chi connectivity index (χ4n) is 43.7. The minimum atomic E-state index is -4.67. The van der Waals surface area contributed by atoms with Gasteiger partial charge >= 0.3 is 10.4 Å². The van der Waals surface area contributed by atoms with Crippen LogP contribution >= 0.6 is 0 Å². The van der Waals surface area contributed by atoms with Gasteiger partial charge in [-0.05, 0) is 355 Å². The molecule has 24 saturated carbocycles. The largest absolute Gasteiger partial charge is 0.394 e. The highest BCUT2D eigenvalue weighted by Crippen LogP contribution is 2.75. The molecule has 2 saturated heterocycles. The monoisotopic (exact) mass is 2110 g/mol. The predicted octanol–water partition coefficient (Wildman–Crippen LogP) is 19.8. The van der Waals surface area contributed by atoms with Crippen LogP contribution in [0.4, 0.5) is 0 Å². The number of fused-ring (bicyclic) bond motifs is 33. The lowest BCUT2D eigenvalue weighted by Gasteiger charge is -2.60. The van der Waals surface area contributed by atoms with E-state index in [1.807, 2.05) is 13.8 Å². The summed E-state index contributed by atoms with van der Waals surface area (Å²) in [7, 11) is 2.02. The molecule has 50 atom stereocenters. The number of ketones is 10. The molecule has 150 heavy (non-hydrogen) atoms. The van der Waals surface area contributed by atoms with Gasteiger partial charge in [-0.25, -0.2) is 0 Å². The zero-order chi connectivity index (χ0) is 106. The van der Waals surface area contributed by atoms with Crippen LogP contribution in [0.1, 0.15) is 375 Å². The summed E-state index contributed by atoms with van der Waals surface area (Å²) in [6.45, 7) is 26.4. The number of aliphatic hydroxyl groups is 4. The summed E-state index contributed by atoms with van der Waals surface area (Å²) in [5.41, 5.74) is -1.78. The maximum atomic E-state index is 13.4. The molecule has 0 bridgehead atoms. The van der Waals surface area contributed by atoms with Crippen molar-refractivity contribution < 1.29 is 114 Å². The lowest BCUT2D eigenvalue weighted by molar-refractivity contribution is -0.185. The molecule has 26 nitrogen and oxygen atoms in total. The third kappa shape index (κ3) is 18.3. The summed E-state index contributed by atoms with van der Waals surface area (Å²) in [5, 5.41) is 60.7. The standard InChI is InChI=1S/2C21H31NO3.2C20H30O4.2C19H26O3.3CH4.H2O4S/c2*1-20-9-17(24)19-14(15(20)7-5-13(20)11-22)6-4-12-8-16(23)18(25-3)10-21(12,19)2;1-19-10-16(24-3)14(21)8-11(19)4-5-12-13-6-7-17(23)20(13,2)9-15(22)18(12)19;1-19-9-8-14(21)18(24-3)13(19)5-4-11-12-6-7-16(23)20(12,2)10-15(22)17(11)19;1-18-9-15-14(22-15)7-10(18)3-4-11-12-5-6-16(21)19(12,2)8-13(20)17(11)18;1-18-8-7-14-17(22-14)12(18)4-3-10-11-5-6-15(21)19(11,2)9-13(20)16(10)18;;;;1-5(2,3)4/h2*12-16,18-19,23H,4-10H2,1-3H3;11-14,16,18,21H,4-10H2,1-3H3;11-14,17-18,21H,4-10H2,1-3H3;10-12,14-15,17H,3-9H2,1-2H3;10-12,14,16-17H,3-9H2,1-2H3;3*1H4;(H2,1,2,3,4)/t12-,13+,14-,15-,16-,18-,19+,20+,21-;12-,13-,14-,15-,16-,18-,19+,20+,21-;11-,12-,13-,14-,16-,18+,19-,20-;11-,12-,13-,14+,17+,18+,19-,20-;10-,11-,12-,14-,15+,17+,18-,19-;10-,11-,12-,14+,16+,17?,18-,19-;;;;/m000000..../s1. The number of carbonyl (C=O) groups is 10. The van der Waals surface area contributed by atoms with E-state index in [9.17, 15) is 78.9 Å². The van der Waals surface area contributed by atoms with Crippen LogP contribution in [0.3, 0.4) is 0 Å². The van der Waals surface area contributed by atoms with Crippen LogP contribution in [0.5, 0.6) is 0 Å². The number of aliphatic hydroxyl groups excluding tert-OH is 4. The second kappa shape index (κ2) is 41.4. The Balaban J connectivity index is 0.000000121. The van der Waals surface area contributed by atoms with Crippen LogP contribution in [0.15, 0.2) is 0 Å². The van der Waals surface area contributed by atoms with Crippen molar-refractivity contribution >= 4 is 68.2 Å². The molecule has 26 aliphatic rings. The Bertz CT molecular complexity index is 5150. The minimum absolute atomic E-state index is 0. The van der Waals surface area contributed by atoms with Crippen LogP contribution in [0, 0.1) is 242 Å². The number of hydrogen-bond donors (Lipinski definition) is 6. The van der Waals surface area contributed by atoms with Crippen molar-refractivity contribution in [2.24, 2.45) is 219 Å². The molecule has 27 heteroatoms. The van der Waals surface area contributed by atoms with Gasteiger partial charge in [-0.3, -0.25) is 57.1 Å². The number of ether oxygens (including phenoxy) is 6. The molecule has 26 rings (SSSR count). The van der Waals surface area contributed by atoms with Gasteiger partial charge in [-0.1, -0.05) is 105 Å². The molecule has 0 spiro atoms. The fourth-order valence-corrected chi connectivity index (χ4v) is 43.7. The number of methoxy groups -OCH3 is 4. The second-order valence-electron chi connectivity index (χ2n) is 56.8. The van der Waals surface area contributed by atoms with Crippen molar-refractivity contribution in [2.75, 3.05) is 28.4 Å². The lowest BCUT2D eigenvalue weighted by atomic mass is 9.44. The van der Waals surface area contributed by atoms with Crippen LogP contribution < -0.4 is 0 Å². The molecule has 2 heterocycles. The van der Waals surface area contributed by atoms with Crippen molar-refractivity contribution in [1.82, 2.24) is 0 Å². The summed E-state index contributed by atoms with van der Waals surface area (Å²) in [6.07, 6.45) is 37.2. The molecular formula is C123H188N2O24S. The van der Waals surface area contributed by atoms with E-state index < -0.39 is 45.6 Å². The van der Waals surface area contributed by atoms with Crippen molar-refractivity contribution in [3.8, 4) is 12.1 Å². The number of nitrogens with zero attached hydrogens (tertiary/aromatic N) is 2. The predicted molar refractivity (Wildman–Crippen MR) is 562 cm³/mol. The van der Waals surface area contributed by atoms with Crippen molar-refractivity contribution in [3.63, 3.8) is 0 Å². The van der Waals surface area contributed by atoms with Gasteiger partial charge in [0.05, 0.1) is 97.2 Å². The third-order valence-electron chi connectivity index (χ3n) is 51.0. The van der Waals surface area contributed by atoms with Gasteiger partial charge in [-0.2, -0.15) is 18.9 Å². The van der Waals surface area contributed by atoms with E-state index in [1.165, 1.54) is 19.3 Å². The first-order valence-electron chi connectivity index (χ1n) is 58.1. The molecular weight excluding hydrogens is 1920 g/mol. The van der Waals surface area contributed by atoms with E-state index in [1.54, 1.807) is 28.4 Å². The van der Waals surface area contributed by atoms with Crippen LogP contribution in [0.25, 0.3) is 0 Å². The maximum Gasteiger partial charge on any atom is 0.394 e. The molecule has 0 amide bonds. The van der Waals surface area contributed by atoms with Gasteiger partial charge in [0.2, 0.25) is 0 Å². The number of carbonyl (C=O) groups excluding carboxylic acids is 10. The molecule has 0 aromatic rings. The van der Waals surface area contributed by atoms with E-state index in [-0.39, 0.29) is 154 Å². The van der Waals surface area contributed by atoms with Crippen molar-refractivity contribution in [1.29, 1.82) is 10.5 Å².